The van der Waals surface area contributed by atoms with E-state index in [0.29, 0.717) is 6.54 Å². The lowest BCUT2D eigenvalue weighted by atomic mass is 10.2. The van der Waals surface area contributed by atoms with E-state index in [1.54, 1.807) is 22.9 Å². The summed E-state index contributed by atoms with van der Waals surface area (Å²) in [6, 6.07) is 9.12. The van der Waals surface area contributed by atoms with Crippen molar-refractivity contribution in [2.45, 2.75) is 13.5 Å². The van der Waals surface area contributed by atoms with Crippen LogP contribution in [-0.2, 0) is 6.54 Å². The normalized spacial score (nSPS) is 10.2. The number of hydrogen-bond donors (Lipinski definition) is 0. The minimum atomic E-state index is 0.0252. The molecular formula is C12H12N2O. The van der Waals surface area contributed by atoms with Gasteiger partial charge in [-0.15, -0.1) is 0 Å². The van der Waals surface area contributed by atoms with Crippen LogP contribution < -0.4 is 5.56 Å². The first-order chi connectivity index (χ1) is 7.31. The van der Waals surface area contributed by atoms with Gasteiger partial charge in [0.05, 0.1) is 5.69 Å². The minimum absolute atomic E-state index is 0.0252. The van der Waals surface area contributed by atoms with Gasteiger partial charge in [0.2, 0.25) is 0 Å². The zero-order valence-electron chi connectivity index (χ0n) is 8.55. The molecule has 0 aliphatic rings. The van der Waals surface area contributed by atoms with Crippen molar-refractivity contribution in [3.05, 3.63) is 53.1 Å². The van der Waals surface area contributed by atoms with Crippen LogP contribution in [0.1, 0.15) is 6.92 Å². The van der Waals surface area contributed by atoms with Crippen molar-refractivity contribution in [2.24, 2.45) is 0 Å². The van der Waals surface area contributed by atoms with Crippen LogP contribution >= 0.6 is 0 Å². The molecule has 3 nitrogen and oxygen atoms in total. The zero-order chi connectivity index (χ0) is 10.7. The molecule has 2 aromatic rings. The van der Waals surface area contributed by atoms with Gasteiger partial charge < -0.3 is 4.57 Å². The Hall–Kier alpha value is -1.90. The van der Waals surface area contributed by atoms with Crippen LogP contribution in [-0.4, -0.2) is 9.55 Å². The Morgan fingerprint density at radius 1 is 1.27 bits per heavy atom. The van der Waals surface area contributed by atoms with E-state index in [0.717, 1.165) is 11.3 Å². The van der Waals surface area contributed by atoms with Crippen LogP contribution in [0.4, 0.5) is 0 Å². The highest BCUT2D eigenvalue weighted by Gasteiger charge is 2.00. The lowest BCUT2D eigenvalue weighted by Gasteiger charge is -2.04. The summed E-state index contributed by atoms with van der Waals surface area (Å²) in [4.78, 5) is 15.6. The van der Waals surface area contributed by atoms with Crippen LogP contribution in [0.25, 0.3) is 11.3 Å². The molecule has 0 saturated heterocycles. The highest BCUT2D eigenvalue weighted by Crippen LogP contribution is 2.13. The van der Waals surface area contributed by atoms with E-state index in [2.05, 4.69) is 4.98 Å². The zero-order valence-corrected chi connectivity index (χ0v) is 8.55. The third kappa shape index (κ3) is 1.96. The molecule has 0 aromatic carbocycles. The Morgan fingerprint density at radius 2 is 2.13 bits per heavy atom. The first kappa shape index (κ1) is 9.65. The van der Waals surface area contributed by atoms with Crippen molar-refractivity contribution >= 4 is 0 Å². The van der Waals surface area contributed by atoms with Gasteiger partial charge in [-0.2, -0.15) is 0 Å². The lowest BCUT2D eigenvalue weighted by molar-refractivity contribution is 0.728. The summed E-state index contributed by atoms with van der Waals surface area (Å²) in [5.41, 5.74) is 1.88. The second kappa shape index (κ2) is 4.09. The Kier molecular flexibility index (Phi) is 2.63. The maximum atomic E-state index is 11.4. The maximum absolute atomic E-state index is 11.4. The van der Waals surface area contributed by atoms with Crippen LogP contribution in [0.3, 0.4) is 0 Å². The largest absolute Gasteiger partial charge is 0.315 e. The molecule has 0 radical (unpaired) electrons. The predicted molar refractivity (Wildman–Crippen MR) is 59.6 cm³/mol. The highest BCUT2D eigenvalue weighted by molar-refractivity contribution is 5.57. The standard InChI is InChI=1S/C12H12N2O/c1-2-14-9-10(6-7-12(14)15)11-5-3-4-8-13-11/h3-9H,2H2,1H3. The number of aryl methyl sites for hydroxylation is 1. The van der Waals surface area contributed by atoms with Gasteiger partial charge in [0.1, 0.15) is 0 Å². The Labute approximate surface area is 88.0 Å². The molecule has 2 rings (SSSR count). The van der Waals surface area contributed by atoms with Crippen LogP contribution in [0, 0.1) is 0 Å². The van der Waals surface area contributed by atoms with Crippen molar-refractivity contribution in [2.75, 3.05) is 0 Å². The van der Waals surface area contributed by atoms with Crippen molar-refractivity contribution in [1.29, 1.82) is 0 Å². The fourth-order valence-corrected chi connectivity index (χ4v) is 1.46. The quantitative estimate of drug-likeness (QED) is 0.742. The summed E-state index contributed by atoms with van der Waals surface area (Å²) in [5.74, 6) is 0. The van der Waals surface area contributed by atoms with Crippen molar-refractivity contribution in [1.82, 2.24) is 9.55 Å². The smallest absolute Gasteiger partial charge is 0.250 e. The molecule has 2 aromatic heterocycles. The lowest BCUT2D eigenvalue weighted by Crippen LogP contribution is -2.17. The monoisotopic (exact) mass is 200 g/mol. The summed E-state index contributed by atoms with van der Waals surface area (Å²) in [7, 11) is 0. The molecule has 15 heavy (non-hydrogen) atoms. The molecule has 3 heteroatoms. The van der Waals surface area contributed by atoms with E-state index in [9.17, 15) is 4.79 Å². The second-order valence-corrected chi connectivity index (χ2v) is 3.26. The molecular weight excluding hydrogens is 188 g/mol. The third-order valence-corrected chi connectivity index (χ3v) is 2.28. The summed E-state index contributed by atoms with van der Waals surface area (Å²) in [6.07, 6.45) is 3.58. The summed E-state index contributed by atoms with van der Waals surface area (Å²) in [5, 5.41) is 0. The van der Waals surface area contributed by atoms with Gasteiger partial charge in [0.25, 0.3) is 5.56 Å². The van der Waals surface area contributed by atoms with Gasteiger partial charge in [-0.05, 0) is 25.1 Å². The van der Waals surface area contributed by atoms with Crippen molar-refractivity contribution in [3.63, 3.8) is 0 Å². The molecule has 0 aliphatic heterocycles. The number of pyridine rings is 2. The van der Waals surface area contributed by atoms with Crippen molar-refractivity contribution < 1.29 is 0 Å². The van der Waals surface area contributed by atoms with Gasteiger partial charge in [0.15, 0.2) is 0 Å². The molecule has 0 N–H and O–H groups in total. The molecule has 0 amide bonds. The Bertz CT molecular complexity index is 503. The molecule has 0 unspecified atom stereocenters. The van der Waals surface area contributed by atoms with E-state index in [-0.39, 0.29) is 5.56 Å². The van der Waals surface area contributed by atoms with E-state index >= 15 is 0 Å². The number of nitrogens with zero attached hydrogens (tertiary/aromatic N) is 2. The summed E-state index contributed by atoms with van der Waals surface area (Å²) >= 11 is 0. The van der Waals surface area contributed by atoms with Crippen LogP contribution in [0.15, 0.2) is 47.5 Å². The topological polar surface area (TPSA) is 34.9 Å². The summed E-state index contributed by atoms with van der Waals surface area (Å²) in [6.45, 7) is 2.63. The summed E-state index contributed by atoms with van der Waals surface area (Å²) < 4.78 is 1.67. The molecule has 0 bridgehead atoms. The number of aromatic nitrogens is 2. The number of hydrogen-bond acceptors (Lipinski definition) is 2. The van der Waals surface area contributed by atoms with Crippen molar-refractivity contribution in [3.8, 4) is 11.3 Å². The molecule has 0 aliphatic carbocycles. The van der Waals surface area contributed by atoms with Crippen LogP contribution in [0.2, 0.25) is 0 Å². The first-order valence-corrected chi connectivity index (χ1v) is 4.93. The molecule has 0 spiro atoms. The van der Waals surface area contributed by atoms with Gasteiger partial charge in [-0.1, -0.05) is 6.07 Å². The first-order valence-electron chi connectivity index (χ1n) is 4.93. The van der Waals surface area contributed by atoms with Gasteiger partial charge in [0, 0.05) is 30.6 Å². The van der Waals surface area contributed by atoms with Gasteiger partial charge in [-0.25, -0.2) is 0 Å². The average Bonchev–Trinajstić information content (AvgIpc) is 2.31. The fourth-order valence-electron chi connectivity index (χ4n) is 1.46. The molecule has 0 atom stereocenters. The third-order valence-electron chi connectivity index (χ3n) is 2.28. The Balaban J connectivity index is 2.51. The van der Waals surface area contributed by atoms with E-state index in [4.69, 9.17) is 0 Å². The minimum Gasteiger partial charge on any atom is -0.315 e. The van der Waals surface area contributed by atoms with E-state index in [1.165, 1.54) is 0 Å². The Morgan fingerprint density at radius 3 is 2.80 bits per heavy atom. The molecule has 0 fully saturated rings. The number of rotatable bonds is 2. The SMILES string of the molecule is CCn1cc(-c2ccccn2)ccc1=O. The van der Waals surface area contributed by atoms with Gasteiger partial charge >= 0.3 is 0 Å². The predicted octanol–water partition coefficient (Wildman–Crippen LogP) is 1.93. The van der Waals surface area contributed by atoms with E-state index < -0.39 is 0 Å². The average molecular weight is 200 g/mol. The molecule has 76 valence electrons. The second-order valence-electron chi connectivity index (χ2n) is 3.26. The highest BCUT2D eigenvalue weighted by atomic mass is 16.1. The van der Waals surface area contributed by atoms with Crippen LogP contribution in [0.5, 0.6) is 0 Å². The van der Waals surface area contributed by atoms with Gasteiger partial charge in [-0.3, -0.25) is 9.78 Å². The molecule has 0 saturated carbocycles. The fraction of sp³-hybridized carbons (Fsp3) is 0.167. The molecule has 2 heterocycles. The van der Waals surface area contributed by atoms with E-state index in [1.807, 2.05) is 31.3 Å². The maximum Gasteiger partial charge on any atom is 0.250 e.